The minimum Gasteiger partial charge on any atom is -0.348 e. The SMILES string of the molecule is CC(C(=O)NC1(CN)CC1)S(C)(=O)=O. The van der Waals surface area contributed by atoms with Crippen molar-refractivity contribution < 1.29 is 13.2 Å². The molecule has 0 aromatic rings. The molecule has 0 bridgehead atoms. The molecule has 0 aromatic heterocycles. The van der Waals surface area contributed by atoms with E-state index in [1.165, 1.54) is 6.92 Å². The molecule has 1 fully saturated rings. The van der Waals surface area contributed by atoms with E-state index in [1.807, 2.05) is 0 Å². The van der Waals surface area contributed by atoms with Crippen molar-refractivity contribution in [1.82, 2.24) is 5.32 Å². The van der Waals surface area contributed by atoms with Crippen LogP contribution in [0, 0.1) is 0 Å². The molecule has 82 valence electrons. The fourth-order valence-electron chi connectivity index (χ4n) is 1.09. The molecule has 1 amide bonds. The Labute approximate surface area is 84.0 Å². The molecular formula is C8H16N2O3S. The number of rotatable bonds is 4. The Morgan fingerprint density at radius 1 is 1.57 bits per heavy atom. The van der Waals surface area contributed by atoms with E-state index in [0.717, 1.165) is 19.1 Å². The van der Waals surface area contributed by atoms with Gasteiger partial charge < -0.3 is 11.1 Å². The van der Waals surface area contributed by atoms with Crippen LogP contribution in [0.3, 0.4) is 0 Å². The van der Waals surface area contributed by atoms with Crippen LogP contribution >= 0.6 is 0 Å². The zero-order valence-electron chi connectivity index (χ0n) is 8.41. The van der Waals surface area contributed by atoms with E-state index in [4.69, 9.17) is 5.73 Å². The molecule has 0 aliphatic heterocycles. The van der Waals surface area contributed by atoms with E-state index < -0.39 is 21.0 Å². The molecule has 1 aliphatic rings. The maximum Gasteiger partial charge on any atom is 0.238 e. The lowest BCUT2D eigenvalue weighted by atomic mass is 10.2. The fraction of sp³-hybridized carbons (Fsp3) is 0.875. The normalized spacial score (nSPS) is 21.4. The summed E-state index contributed by atoms with van der Waals surface area (Å²) >= 11 is 0. The molecule has 1 rings (SSSR count). The van der Waals surface area contributed by atoms with Crippen molar-refractivity contribution in [2.24, 2.45) is 5.73 Å². The molecule has 3 N–H and O–H groups in total. The molecule has 0 heterocycles. The second kappa shape index (κ2) is 3.51. The van der Waals surface area contributed by atoms with Gasteiger partial charge in [-0.15, -0.1) is 0 Å². The van der Waals surface area contributed by atoms with Crippen molar-refractivity contribution in [1.29, 1.82) is 0 Å². The molecule has 14 heavy (non-hydrogen) atoms. The third-order valence-electron chi connectivity index (χ3n) is 2.64. The first kappa shape index (κ1) is 11.5. The van der Waals surface area contributed by atoms with Crippen molar-refractivity contribution in [2.45, 2.75) is 30.6 Å². The topological polar surface area (TPSA) is 89.3 Å². The van der Waals surface area contributed by atoms with Crippen LogP contribution in [0.25, 0.3) is 0 Å². The Balaban J connectivity index is 2.59. The molecule has 5 nitrogen and oxygen atoms in total. The first-order valence-electron chi connectivity index (χ1n) is 4.52. The summed E-state index contributed by atoms with van der Waals surface area (Å²) in [7, 11) is -3.31. The van der Waals surface area contributed by atoms with Crippen molar-refractivity contribution in [3.8, 4) is 0 Å². The predicted molar refractivity (Wildman–Crippen MR) is 53.5 cm³/mol. The van der Waals surface area contributed by atoms with E-state index in [0.29, 0.717) is 6.54 Å². The van der Waals surface area contributed by atoms with E-state index >= 15 is 0 Å². The van der Waals surface area contributed by atoms with Gasteiger partial charge in [0.15, 0.2) is 9.84 Å². The van der Waals surface area contributed by atoms with Gasteiger partial charge in [0.05, 0.1) is 5.54 Å². The molecule has 1 aliphatic carbocycles. The maximum absolute atomic E-state index is 11.5. The average molecular weight is 220 g/mol. The summed E-state index contributed by atoms with van der Waals surface area (Å²) in [6.45, 7) is 1.76. The van der Waals surface area contributed by atoms with Crippen molar-refractivity contribution in [2.75, 3.05) is 12.8 Å². The zero-order chi connectivity index (χ0) is 11.0. The van der Waals surface area contributed by atoms with Gasteiger partial charge in [-0.25, -0.2) is 8.42 Å². The number of hydrogen-bond acceptors (Lipinski definition) is 4. The Morgan fingerprint density at radius 3 is 2.36 bits per heavy atom. The smallest absolute Gasteiger partial charge is 0.238 e. The lowest BCUT2D eigenvalue weighted by molar-refractivity contribution is -0.121. The number of carbonyl (C=O) groups is 1. The second-order valence-electron chi connectivity index (χ2n) is 3.95. The number of carbonyl (C=O) groups excluding carboxylic acids is 1. The molecule has 0 aromatic carbocycles. The summed E-state index contributed by atoms with van der Waals surface area (Å²) < 4.78 is 22.2. The van der Waals surface area contributed by atoms with E-state index in [1.54, 1.807) is 0 Å². The molecule has 0 radical (unpaired) electrons. The third-order valence-corrected chi connectivity index (χ3v) is 4.14. The number of hydrogen-bond donors (Lipinski definition) is 2. The molecule has 1 atom stereocenters. The first-order valence-corrected chi connectivity index (χ1v) is 6.47. The van der Waals surface area contributed by atoms with Gasteiger partial charge in [-0.3, -0.25) is 4.79 Å². The number of nitrogens with two attached hydrogens (primary N) is 1. The number of nitrogens with one attached hydrogen (secondary N) is 1. The summed E-state index contributed by atoms with van der Waals surface area (Å²) in [5.74, 6) is -0.449. The fourth-order valence-corrected chi connectivity index (χ4v) is 1.54. The lowest BCUT2D eigenvalue weighted by Crippen LogP contribution is -2.47. The maximum atomic E-state index is 11.5. The second-order valence-corrected chi connectivity index (χ2v) is 6.31. The Hall–Kier alpha value is -0.620. The summed E-state index contributed by atoms with van der Waals surface area (Å²) in [5.41, 5.74) is 5.14. The van der Waals surface area contributed by atoms with Crippen LogP contribution in [0.2, 0.25) is 0 Å². The van der Waals surface area contributed by atoms with E-state index in [-0.39, 0.29) is 5.54 Å². The standard InChI is InChI=1S/C8H16N2O3S/c1-6(14(2,12)13)7(11)10-8(5-9)3-4-8/h6H,3-5,9H2,1-2H3,(H,10,11). The van der Waals surface area contributed by atoms with Crippen molar-refractivity contribution in [3.63, 3.8) is 0 Å². The summed E-state index contributed by atoms with van der Waals surface area (Å²) in [5, 5.41) is 1.69. The van der Waals surface area contributed by atoms with Gasteiger partial charge in [0.25, 0.3) is 0 Å². The van der Waals surface area contributed by atoms with Crippen LogP contribution in [-0.2, 0) is 14.6 Å². The van der Waals surface area contributed by atoms with Crippen molar-refractivity contribution in [3.05, 3.63) is 0 Å². The van der Waals surface area contributed by atoms with Gasteiger partial charge in [-0.1, -0.05) is 0 Å². The molecular weight excluding hydrogens is 204 g/mol. The Bertz CT molecular complexity index is 332. The van der Waals surface area contributed by atoms with Crippen LogP contribution in [0.5, 0.6) is 0 Å². The quantitative estimate of drug-likeness (QED) is 0.637. The van der Waals surface area contributed by atoms with Gasteiger partial charge in [-0.05, 0) is 19.8 Å². The van der Waals surface area contributed by atoms with Crippen LogP contribution in [-0.4, -0.2) is 37.9 Å². The van der Waals surface area contributed by atoms with Crippen LogP contribution in [0.15, 0.2) is 0 Å². The van der Waals surface area contributed by atoms with Crippen LogP contribution < -0.4 is 11.1 Å². The minimum atomic E-state index is -3.31. The summed E-state index contributed by atoms with van der Waals surface area (Å²) in [4.78, 5) is 11.5. The lowest BCUT2D eigenvalue weighted by Gasteiger charge is -2.17. The van der Waals surface area contributed by atoms with Gasteiger partial charge in [0.2, 0.25) is 5.91 Å². The highest BCUT2D eigenvalue weighted by Gasteiger charge is 2.44. The van der Waals surface area contributed by atoms with E-state index in [2.05, 4.69) is 5.32 Å². The molecule has 0 saturated heterocycles. The third kappa shape index (κ3) is 2.45. The van der Waals surface area contributed by atoms with Gasteiger partial charge in [0, 0.05) is 12.8 Å². The number of amides is 1. The van der Waals surface area contributed by atoms with E-state index in [9.17, 15) is 13.2 Å². The highest BCUT2D eigenvalue weighted by molar-refractivity contribution is 7.92. The first-order chi connectivity index (χ1) is 6.31. The molecule has 0 spiro atoms. The van der Waals surface area contributed by atoms with Gasteiger partial charge in [0.1, 0.15) is 5.25 Å². The van der Waals surface area contributed by atoms with Crippen LogP contribution in [0.1, 0.15) is 19.8 Å². The largest absolute Gasteiger partial charge is 0.348 e. The Kier molecular flexibility index (Phi) is 2.87. The Morgan fingerprint density at radius 2 is 2.07 bits per heavy atom. The molecule has 6 heteroatoms. The average Bonchev–Trinajstić information content (AvgIpc) is 2.82. The minimum absolute atomic E-state index is 0.323. The zero-order valence-corrected chi connectivity index (χ0v) is 9.23. The van der Waals surface area contributed by atoms with Crippen LogP contribution in [0.4, 0.5) is 0 Å². The summed E-state index contributed by atoms with van der Waals surface area (Å²) in [6, 6.07) is 0. The molecule has 1 saturated carbocycles. The van der Waals surface area contributed by atoms with Gasteiger partial charge in [-0.2, -0.15) is 0 Å². The monoisotopic (exact) mass is 220 g/mol. The predicted octanol–water partition coefficient (Wildman–Crippen LogP) is -0.973. The van der Waals surface area contributed by atoms with Crippen molar-refractivity contribution >= 4 is 15.7 Å². The number of sulfone groups is 1. The highest BCUT2D eigenvalue weighted by atomic mass is 32.2. The highest BCUT2D eigenvalue weighted by Crippen LogP contribution is 2.34. The molecule has 1 unspecified atom stereocenters. The van der Waals surface area contributed by atoms with Gasteiger partial charge >= 0.3 is 0 Å². The summed E-state index contributed by atoms with van der Waals surface area (Å²) in [6.07, 6.45) is 2.73.